The second-order valence-corrected chi connectivity index (χ2v) is 13.9. The van der Waals surface area contributed by atoms with E-state index >= 15 is 0 Å². The number of benzene rings is 1. The highest BCUT2D eigenvalue weighted by molar-refractivity contribution is 5.14. The molecule has 0 atom stereocenters. The Morgan fingerprint density at radius 2 is 0.886 bits per heavy atom. The summed E-state index contributed by atoms with van der Waals surface area (Å²) in [6.07, 6.45) is 45.6. The first-order valence-corrected chi connectivity index (χ1v) is 20.0. The van der Waals surface area contributed by atoms with Gasteiger partial charge in [-0.05, 0) is 37.7 Å². The molecular formula is C42H75N2+. The van der Waals surface area contributed by atoms with Gasteiger partial charge >= 0.3 is 0 Å². The van der Waals surface area contributed by atoms with Gasteiger partial charge in [0.2, 0.25) is 0 Å². The summed E-state index contributed by atoms with van der Waals surface area (Å²) in [7, 11) is 0. The molecule has 2 rings (SSSR count). The molecule has 2 heteroatoms. The SMILES string of the molecule is CCCCCCCCCCCCCCCc1n(CCCCCCCCCCCCCCC)cc[n+]1CCCc1ccccc1. The molecule has 0 saturated heterocycles. The van der Waals surface area contributed by atoms with Gasteiger partial charge in [-0.2, -0.15) is 0 Å². The van der Waals surface area contributed by atoms with Crippen molar-refractivity contribution in [2.75, 3.05) is 0 Å². The maximum Gasteiger partial charge on any atom is 0.256 e. The Morgan fingerprint density at radius 1 is 0.455 bits per heavy atom. The van der Waals surface area contributed by atoms with Crippen LogP contribution in [0.3, 0.4) is 0 Å². The van der Waals surface area contributed by atoms with Crippen molar-refractivity contribution in [3.05, 3.63) is 54.1 Å². The highest BCUT2D eigenvalue weighted by Gasteiger charge is 2.16. The van der Waals surface area contributed by atoms with E-state index in [0.717, 1.165) is 6.54 Å². The minimum Gasteiger partial charge on any atom is -0.234 e. The van der Waals surface area contributed by atoms with Crippen molar-refractivity contribution >= 4 is 0 Å². The predicted octanol–water partition coefficient (Wildman–Crippen LogP) is 13.1. The molecule has 0 aliphatic carbocycles. The molecule has 0 unspecified atom stereocenters. The van der Waals surface area contributed by atoms with Crippen LogP contribution in [0.2, 0.25) is 0 Å². The molecule has 0 saturated carbocycles. The quantitative estimate of drug-likeness (QED) is 0.0578. The fourth-order valence-corrected chi connectivity index (χ4v) is 6.89. The minimum absolute atomic E-state index is 1.15. The fourth-order valence-electron chi connectivity index (χ4n) is 6.89. The third-order valence-electron chi connectivity index (χ3n) is 9.80. The Hall–Kier alpha value is -1.57. The van der Waals surface area contributed by atoms with Gasteiger partial charge in [0.15, 0.2) is 0 Å². The molecule has 252 valence electrons. The zero-order valence-electron chi connectivity index (χ0n) is 29.9. The topological polar surface area (TPSA) is 8.81 Å². The molecular weight excluding hydrogens is 532 g/mol. The van der Waals surface area contributed by atoms with E-state index in [1.807, 2.05) is 0 Å². The van der Waals surface area contributed by atoms with E-state index in [1.54, 1.807) is 5.82 Å². The first-order chi connectivity index (χ1) is 21.8. The van der Waals surface area contributed by atoms with Crippen LogP contribution < -0.4 is 4.57 Å². The van der Waals surface area contributed by atoms with Crippen LogP contribution in [-0.4, -0.2) is 4.57 Å². The van der Waals surface area contributed by atoms with Crippen molar-refractivity contribution in [2.24, 2.45) is 0 Å². The van der Waals surface area contributed by atoms with Gasteiger partial charge in [-0.15, -0.1) is 0 Å². The molecule has 1 heterocycles. The summed E-state index contributed by atoms with van der Waals surface area (Å²) >= 11 is 0. The third-order valence-corrected chi connectivity index (χ3v) is 9.80. The summed E-state index contributed by atoms with van der Waals surface area (Å²) < 4.78 is 5.20. The first kappa shape index (κ1) is 38.6. The highest BCUT2D eigenvalue weighted by atomic mass is 15.1. The summed E-state index contributed by atoms with van der Waals surface area (Å²) in [6.45, 7) is 6.97. The van der Waals surface area contributed by atoms with E-state index in [-0.39, 0.29) is 0 Å². The summed E-state index contributed by atoms with van der Waals surface area (Å²) in [4.78, 5) is 0. The van der Waals surface area contributed by atoms with Crippen LogP contribution in [0.15, 0.2) is 42.7 Å². The Kier molecular flexibility index (Phi) is 25.3. The average molecular weight is 608 g/mol. The number of aromatic nitrogens is 2. The summed E-state index contributed by atoms with van der Waals surface area (Å²) in [6, 6.07) is 11.0. The van der Waals surface area contributed by atoms with Crippen LogP contribution in [0.1, 0.15) is 199 Å². The predicted molar refractivity (Wildman–Crippen MR) is 194 cm³/mol. The molecule has 0 aliphatic rings. The molecule has 0 spiro atoms. The van der Waals surface area contributed by atoms with E-state index in [9.17, 15) is 0 Å². The van der Waals surface area contributed by atoms with Crippen molar-refractivity contribution < 1.29 is 4.57 Å². The molecule has 0 bridgehead atoms. The zero-order chi connectivity index (χ0) is 31.2. The van der Waals surface area contributed by atoms with E-state index in [4.69, 9.17) is 0 Å². The van der Waals surface area contributed by atoms with Gasteiger partial charge in [0.25, 0.3) is 5.82 Å². The van der Waals surface area contributed by atoms with Gasteiger partial charge in [-0.3, -0.25) is 0 Å². The van der Waals surface area contributed by atoms with Gasteiger partial charge in [0.05, 0.1) is 13.1 Å². The lowest BCUT2D eigenvalue weighted by atomic mass is 10.0. The van der Waals surface area contributed by atoms with Crippen LogP contribution >= 0.6 is 0 Å². The molecule has 0 N–H and O–H groups in total. The van der Waals surface area contributed by atoms with Crippen molar-refractivity contribution in [3.63, 3.8) is 0 Å². The third kappa shape index (κ3) is 20.5. The summed E-state index contributed by atoms with van der Waals surface area (Å²) in [5.41, 5.74) is 1.47. The van der Waals surface area contributed by atoms with E-state index in [2.05, 4.69) is 65.7 Å². The lowest BCUT2D eigenvalue weighted by Gasteiger charge is -2.07. The zero-order valence-corrected chi connectivity index (χ0v) is 29.9. The van der Waals surface area contributed by atoms with Gasteiger partial charge in [0, 0.05) is 6.42 Å². The number of unbranched alkanes of at least 4 members (excludes halogenated alkanes) is 24. The van der Waals surface area contributed by atoms with Gasteiger partial charge in [0.1, 0.15) is 12.4 Å². The van der Waals surface area contributed by atoms with Crippen LogP contribution in [0, 0.1) is 0 Å². The molecule has 2 nitrogen and oxygen atoms in total. The molecule has 1 aromatic heterocycles. The molecule has 44 heavy (non-hydrogen) atoms. The first-order valence-electron chi connectivity index (χ1n) is 20.0. The van der Waals surface area contributed by atoms with Crippen molar-refractivity contribution in [2.45, 2.75) is 213 Å². The van der Waals surface area contributed by atoms with Crippen LogP contribution in [0.4, 0.5) is 0 Å². The van der Waals surface area contributed by atoms with Crippen molar-refractivity contribution in [1.29, 1.82) is 0 Å². The number of imidazole rings is 1. The maximum absolute atomic E-state index is 2.61. The Morgan fingerprint density at radius 3 is 1.36 bits per heavy atom. The van der Waals surface area contributed by atoms with Crippen molar-refractivity contribution in [1.82, 2.24) is 4.57 Å². The number of hydrogen-bond acceptors (Lipinski definition) is 0. The van der Waals surface area contributed by atoms with Crippen LogP contribution in [0.5, 0.6) is 0 Å². The standard InChI is InChI=1S/C42H75N2/c1-3-5-7-9-11-13-15-17-19-21-23-25-30-36-42-43(39-40-44(42)38-32-35-41-33-28-27-29-34-41)37-31-26-24-22-20-18-16-14-12-10-8-6-4-2/h27-29,33-34,39-40H,3-26,30-32,35-38H2,1-2H3/q+1. The van der Waals surface area contributed by atoms with Gasteiger partial charge in [-0.25, -0.2) is 9.13 Å². The van der Waals surface area contributed by atoms with E-state index in [1.165, 1.54) is 198 Å². The molecule has 1 aromatic carbocycles. The van der Waals surface area contributed by atoms with Gasteiger partial charge < -0.3 is 0 Å². The summed E-state index contributed by atoms with van der Waals surface area (Å²) in [5.74, 6) is 1.58. The van der Waals surface area contributed by atoms with Crippen LogP contribution in [-0.2, 0) is 25.9 Å². The average Bonchev–Trinajstić information content (AvgIpc) is 3.43. The molecule has 0 fully saturated rings. The number of hydrogen-bond donors (Lipinski definition) is 0. The van der Waals surface area contributed by atoms with E-state index < -0.39 is 0 Å². The largest absolute Gasteiger partial charge is 0.256 e. The second kappa shape index (κ2) is 28.9. The lowest BCUT2D eigenvalue weighted by Crippen LogP contribution is -2.37. The molecule has 0 radical (unpaired) electrons. The minimum atomic E-state index is 1.15. The number of nitrogens with zero attached hydrogens (tertiary/aromatic N) is 2. The molecule has 2 aromatic rings. The normalized spacial score (nSPS) is 11.5. The van der Waals surface area contributed by atoms with Crippen LogP contribution in [0.25, 0.3) is 0 Å². The lowest BCUT2D eigenvalue weighted by molar-refractivity contribution is -0.704. The fraction of sp³-hybridized carbons (Fsp3) is 0.786. The highest BCUT2D eigenvalue weighted by Crippen LogP contribution is 2.15. The summed E-state index contributed by atoms with van der Waals surface area (Å²) in [5, 5.41) is 0. The maximum atomic E-state index is 2.61. The van der Waals surface area contributed by atoms with E-state index in [0.29, 0.717) is 0 Å². The monoisotopic (exact) mass is 608 g/mol. The number of rotatable bonds is 32. The van der Waals surface area contributed by atoms with Crippen molar-refractivity contribution in [3.8, 4) is 0 Å². The smallest absolute Gasteiger partial charge is 0.234 e. The Labute approximate surface area is 275 Å². The molecule has 0 aliphatic heterocycles. The second-order valence-electron chi connectivity index (χ2n) is 13.9. The Balaban J connectivity index is 1.62. The number of aryl methyl sites for hydroxylation is 3. The van der Waals surface area contributed by atoms with Gasteiger partial charge in [-0.1, -0.05) is 192 Å². The Bertz CT molecular complexity index is 854. The molecule has 0 amide bonds.